The molecule has 0 N–H and O–H groups in total. The van der Waals surface area contributed by atoms with E-state index in [0.29, 0.717) is 0 Å². The zero-order valence-corrected chi connectivity index (χ0v) is 31.7. The van der Waals surface area contributed by atoms with Crippen LogP contribution in [0.2, 0.25) is 0 Å². The maximum Gasteiger partial charge on any atom is 0.244 e. The molecule has 2 aromatic heterocycles. The number of rotatable bonds is 22. The summed E-state index contributed by atoms with van der Waals surface area (Å²) in [7, 11) is 0. The molecule has 0 spiro atoms. The molecular weight excluding hydrogens is 613 g/mol. The number of nitrogens with zero attached hydrogens (tertiary/aromatic N) is 6. The summed E-state index contributed by atoms with van der Waals surface area (Å²) in [5.41, 5.74) is 6.09. The van der Waals surface area contributed by atoms with Crippen molar-refractivity contribution in [3.63, 3.8) is 0 Å². The molecule has 3 saturated heterocycles. The van der Waals surface area contributed by atoms with E-state index in [9.17, 15) is 0 Å². The fourth-order valence-corrected chi connectivity index (χ4v) is 8.74. The largest absolute Gasteiger partial charge is 0.306 e. The number of quaternary nitrogens is 2. The minimum Gasteiger partial charge on any atom is -0.306 e. The SMILES string of the molecule is CCCCCCCCn1cc[n+](Cc2ccccc2C[N+]23CC[N+](Cc4ccccc4C[n+]4ccn(CCCCCCCC)c4)(CC2)CC3)c1. The monoisotopic (exact) mass is 681 g/mol. The van der Waals surface area contributed by atoms with Crippen molar-refractivity contribution < 1.29 is 18.1 Å². The molecule has 6 nitrogen and oxygen atoms in total. The van der Waals surface area contributed by atoms with Crippen molar-refractivity contribution in [2.45, 2.75) is 130 Å². The minimum atomic E-state index is 0.969. The van der Waals surface area contributed by atoms with Gasteiger partial charge in [-0.3, -0.25) is 0 Å². The summed E-state index contributed by atoms with van der Waals surface area (Å²) in [6.45, 7) is 19.0. The standard InChI is InChI=1S/C44H68N6/c1-3-5-7-9-11-17-23-45-25-27-47(39-45)35-41-19-13-15-21-43(41)37-49-29-32-50(33-30-49,34-31-49)38-44-22-16-14-20-42(44)36-48-28-26-46(40-48)24-18-12-10-8-6-4-2/h13-16,19-22,25-28,39-40H,3-12,17-18,23-24,29-38H2,1-2H3/q+4. The van der Waals surface area contributed by atoms with Gasteiger partial charge in [-0.25, -0.2) is 18.3 Å². The second-order valence-corrected chi connectivity index (χ2v) is 16.1. The van der Waals surface area contributed by atoms with Crippen LogP contribution in [-0.2, 0) is 39.3 Å². The Labute approximate surface area is 304 Å². The lowest BCUT2D eigenvalue weighted by Crippen LogP contribution is -2.74. The van der Waals surface area contributed by atoms with E-state index >= 15 is 0 Å². The smallest absolute Gasteiger partial charge is 0.244 e. The van der Waals surface area contributed by atoms with E-state index < -0.39 is 0 Å². The van der Waals surface area contributed by atoms with E-state index in [-0.39, 0.29) is 0 Å². The molecule has 3 aliphatic heterocycles. The number of aryl methyl sites for hydroxylation is 2. The number of hydrogen-bond donors (Lipinski definition) is 0. The Kier molecular flexibility index (Phi) is 13.4. The predicted molar refractivity (Wildman–Crippen MR) is 204 cm³/mol. The predicted octanol–water partition coefficient (Wildman–Crippen LogP) is 8.04. The number of benzene rings is 2. The van der Waals surface area contributed by atoms with Crippen LogP contribution in [0.1, 0.15) is 113 Å². The number of aromatic nitrogens is 4. The van der Waals surface area contributed by atoms with Crippen molar-refractivity contribution in [3.05, 3.63) is 108 Å². The lowest BCUT2D eigenvalue weighted by Gasteiger charge is -2.55. The Morgan fingerprint density at radius 1 is 0.480 bits per heavy atom. The molecule has 50 heavy (non-hydrogen) atoms. The van der Waals surface area contributed by atoms with Crippen LogP contribution < -0.4 is 9.13 Å². The van der Waals surface area contributed by atoms with E-state index in [4.69, 9.17) is 0 Å². The van der Waals surface area contributed by atoms with Crippen molar-refractivity contribution in [3.8, 4) is 0 Å². The number of unbranched alkanes of at least 4 members (excludes halogenated alkanes) is 10. The summed E-state index contributed by atoms with van der Waals surface area (Å²) in [5, 5.41) is 0. The number of piperazine rings is 3. The number of imidazole rings is 2. The highest BCUT2D eigenvalue weighted by Crippen LogP contribution is 2.32. The van der Waals surface area contributed by atoms with Gasteiger partial charge in [0.2, 0.25) is 12.7 Å². The molecule has 3 fully saturated rings. The third-order valence-electron chi connectivity index (χ3n) is 12.1. The minimum absolute atomic E-state index is 0.969. The van der Waals surface area contributed by atoms with Gasteiger partial charge in [-0.15, -0.1) is 0 Å². The van der Waals surface area contributed by atoms with Crippen molar-refractivity contribution in [2.24, 2.45) is 0 Å². The number of hydrogen-bond acceptors (Lipinski definition) is 0. The molecule has 3 aliphatic rings. The summed E-state index contributed by atoms with van der Waals surface area (Å²) in [6.07, 6.45) is 30.0. The Bertz CT molecular complexity index is 1440. The highest BCUT2D eigenvalue weighted by Gasteiger charge is 2.49. The van der Waals surface area contributed by atoms with Crippen LogP contribution in [0.25, 0.3) is 0 Å². The van der Waals surface area contributed by atoms with Crippen LogP contribution in [0.5, 0.6) is 0 Å². The van der Waals surface area contributed by atoms with Gasteiger partial charge in [-0.05, 0) is 25.7 Å². The van der Waals surface area contributed by atoms with Gasteiger partial charge in [0.05, 0.1) is 13.1 Å². The van der Waals surface area contributed by atoms with Gasteiger partial charge in [0.15, 0.2) is 0 Å². The zero-order valence-electron chi connectivity index (χ0n) is 31.7. The molecule has 5 heterocycles. The lowest BCUT2D eigenvalue weighted by molar-refractivity contribution is -1.09. The van der Waals surface area contributed by atoms with E-state index in [2.05, 4.69) is 118 Å². The molecular formula is C44H68N6+4. The van der Waals surface area contributed by atoms with Crippen LogP contribution in [0.3, 0.4) is 0 Å². The van der Waals surface area contributed by atoms with E-state index in [1.807, 2.05) is 0 Å². The second kappa shape index (κ2) is 18.3. The topological polar surface area (TPSA) is 17.6 Å². The second-order valence-electron chi connectivity index (χ2n) is 16.1. The van der Waals surface area contributed by atoms with Gasteiger partial charge in [-0.2, -0.15) is 0 Å². The van der Waals surface area contributed by atoms with Crippen LogP contribution >= 0.6 is 0 Å². The van der Waals surface area contributed by atoms with Gasteiger partial charge in [0, 0.05) is 22.3 Å². The summed E-state index contributed by atoms with van der Waals surface area (Å²) >= 11 is 0. The molecule has 2 aromatic carbocycles. The molecule has 0 saturated carbocycles. The van der Waals surface area contributed by atoms with Crippen LogP contribution in [0.4, 0.5) is 0 Å². The third kappa shape index (κ3) is 10.2. The quantitative estimate of drug-likeness (QED) is 0.0455. The Morgan fingerprint density at radius 2 is 0.840 bits per heavy atom. The molecule has 0 atom stereocenters. The first-order chi connectivity index (χ1) is 24.6. The maximum absolute atomic E-state index is 2.41. The first-order valence-corrected chi connectivity index (χ1v) is 20.5. The average molecular weight is 681 g/mol. The van der Waals surface area contributed by atoms with Crippen LogP contribution in [0.15, 0.2) is 86.0 Å². The molecule has 0 aliphatic carbocycles. The highest BCUT2D eigenvalue weighted by molar-refractivity contribution is 5.26. The molecule has 6 heteroatoms. The van der Waals surface area contributed by atoms with E-state index in [1.54, 1.807) is 11.1 Å². The molecule has 2 bridgehead atoms. The van der Waals surface area contributed by atoms with Crippen molar-refractivity contribution in [2.75, 3.05) is 39.3 Å². The van der Waals surface area contributed by atoms with E-state index in [0.717, 1.165) is 26.2 Å². The van der Waals surface area contributed by atoms with Crippen LogP contribution in [0, 0.1) is 0 Å². The van der Waals surface area contributed by atoms with Crippen molar-refractivity contribution in [1.29, 1.82) is 0 Å². The normalized spacial score (nSPS) is 20.1. The maximum atomic E-state index is 2.41. The Balaban J connectivity index is 1.00. The van der Waals surface area contributed by atoms with Crippen LogP contribution in [-0.4, -0.2) is 57.4 Å². The Hall–Kier alpha value is -3.22. The molecule has 4 aromatic rings. The van der Waals surface area contributed by atoms with E-state index in [1.165, 1.54) is 150 Å². The zero-order chi connectivity index (χ0) is 34.5. The van der Waals surface area contributed by atoms with Gasteiger partial charge >= 0.3 is 0 Å². The third-order valence-corrected chi connectivity index (χ3v) is 12.1. The lowest BCUT2D eigenvalue weighted by atomic mass is 9.99. The fourth-order valence-electron chi connectivity index (χ4n) is 8.74. The highest BCUT2D eigenvalue weighted by atomic mass is 15.5. The Morgan fingerprint density at radius 3 is 1.24 bits per heavy atom. The molecule has 270 valence electrons. The molecule has 0 radical (unpaired) electrons. The summed E-state index contributed by atoms with van der Waals surface area (Å²) < 4.78 is 12.1. The first-order valence-electron chi connectivity index (χ1n) is 20.5. The van der Waals surface area contributed by atoms with Gasteiger partial charge in [0.25, 0.3) is 0 Å². The first kappa shape index (κ1) is 36.6. The average Bonchev–Trinajstić information content (AvgIpc) is 3.79. The van der Waals surface area contributed by atoms with Gasteiger partial charge < -0.3 is 8.97 Å². The van der Waals surface area contributed by atoms with Crippen molar-refractivity contribution >= 4 is 0 Å². The number of fused-ring (bicyclic) bond motifs is 3. The van der Waals surface area contributed by atoms with Gasteiger partial charge in [-0.1, -0.05) is 114 Å². The molecule has 7 rings (SSSR count). The van der Waals surface area contributed by atoms with Crippen molar-refractivity contribution in [1.82, 2.24) is 9.13 Å². The fraction of sp³-hybridized carbons (Fsp3) is 0.591. The van der Waals surface area contributed by atoms with Gasteiger partial charge in [0.1, 0.15) is 90.2 Å². The summed E-state index contributed by atoms with van der Waals surface area (Å²) in [6, 6.07) is 18.6. The molecule has 0 amide bonds. The molecule has 0 unspecified atom stereocenters. The summed E-state index contributed by atoms with van der Waals surface area (Å²) in [5.74, 6) is 0. The summed E-state index contributed by atoms with van der Waals surface area (Å²) in [4.78, 5) is 0.